The number of hydrogen-bond acceptors (Lipinski definition) is 7. The predicted molar refractivity (Wildman–Crippen MR) is 107 cm³/mol. The Labute approximate surface area is 173 Å². The molecule has 0 radical (unpaired) electrons. The number of rotatable bonds is 4. The average Bonchev–Trinajstić information content (AvgIpc) is 3.27. The molecule has 0 spiro atoms. The molecule has 3 amide bonds. The maximum atomic E-state index is 12.9. The fraction of sp³-hybridized carbons (Fsp3) is 0.381. The summed E-state index contributed by atoms with van der Waals surface area (Å²) >= 11 is 0. The van der Waals surface area contributed by atoms with Crippen molar-refractivity contribution in [3.8, 4) is 0 Å². The Hall–Kier alpha value is -3.33. The first-order valence-corrected chi connectivity index (χ1v) is 10.1. The van der Waals surface area contributed by atoms with Gasteiger partial charge in [0.1, 0.15) is 6.04 Å². The van der Waals surface area contributed by atoms with Crippen LogP contribution in [0.5, 0.6) is 0 Å². The minimum atomic E-state index is -0.618. The summed E-state index contributed by atoms with van der Waals surface area (Å²) in [6.45, 7) is 0.808. The summed E-state index contributed by atoms with van der Waals surface area (Å²) in [4.78, 5) is 47.1. The monoisotopic (exact) mass is 406 g/mol. The molecule has 5 rings (SSSR count). The first-order chi connectivity index (χ1) is 14.5. The molecule has 3 heterocycles. The number of piperidine rings is 1. The third kappa shape index (κ3) is 3.11. The van der Waals surface area contributed by atoms with Gasteiger partial charge in [0, 0.05) is 42.9 Å². The van der Waals surface area contributed by atoms with Crippen molar-refractivity contribution < 1.29 is 14.4 Å². The molecule has 9 heteroatoms. The average molecular weight is 406 g/mol. The van der Waals surface area contributed by atoms with Crippen LogP contribution in [0.3, 0.4) is 0 Å². The Kier molecular flexibility index (Phi) is 4.47. The van der Waals surface area contributed by atoms with Crippen LogP contribution in [0.15, 0.2) is 24.4 Å². The lowest BCUT2D eigenvalue weighted by Gasteiger charge is -2.29. The fourth-order valence-electron chi connectivity index (χ4n) is 4.46. The van der Waals surface area contributed by atoms with Gasteiger partial charge in [-0.05, 0) is 36.5 Å². The van der Waals surface area contributed by atoms with Gasteiger partial charge in [-0.1, -0.05) is 12.1 Å². The van der Waals surface area contributed by atoms with Crippen LogP contribution in [0.25, 0.3) is 0 Å². The molecule has 4 N–H and O–H groups in total. The zero-order valence-electron chi connectivity index (χ0n) is 16.4. The van der Waals surface area contributed by atoms with Gasteiger partial charge in [-0.3, -0.25) is 19.7 Å². The molecule has 2 unspecified atom stereocenters. The van der Waals surface area contributed by atoms with E-state index in [1.807, 2.05) is 12.1 Å². The third-order valence-corrected chi connectivity index (χ3v) is 6.11. The van der Waals surface area contributed by atoms with Crippen molar-refractivity contribution in [1.82, 2.24) is 20.2 Å². The summed E-state index contributed by atoms with van der Waals surface area (Å²) < 4.78 is 0. The zero-order valence-corrected chi connectivity index (χ0v) is 16.4. The number of amides is 3. The van der Waals surface area contributed by atoms with E-state index >= 15 is 0 Å². The molecule has 2 aliphatic heterocycles. The van der Waals surface area contributed by atoms with E-state index in [2.05, 4.69) is 20.6 Å². The Balaban J connectivity index is 1.33. The quantitative estimate of drug-likeness (QED) is 0.640. The molecule has 2 aromatic rings. The lowest BCUT2D eigenvalue weighted by atomic mass is 10.0. The number of carbonyl (C=O) groups excluding carboxylic acids is 3. The Morgan fingerprint density at radius 1 is 1.20 bits per heavy atom. The Morgan fingerprint density at radius 3 is 2.90 bits per heavy atom. The second-order valence-electron chi connectivity index (χ2n) is 7.94. The summed E-state index contributed by atoms with van der Waals surface area (Å²) in [5.41, 5.74) is 10.5. The number of imide groups is 1. The van der Waals surface area contributed by atoms with Gasteiger partial charge in [0.15, 0.2) is 0 Å². The first kappa shape index (κ1) is 18.7. The van der Waals surface area contributed by atoms with Crippen LogP contribution in [-0.4, -0.2) is 38.6 Å². The number of nitrogens with two attached hydrogens (primary N) is 1. The van der Waals surface area contributed by atoms with E-state index in [-0.39, 0.29) is 24.3 Å². The predicted octanol–water partition coefficient (Wildman–Crippen LogP) is 0.796. The molecular formula is C21H22N6O3. The van der Waals surface area contributed by atoms with Crippen molar-refractivity contribution in [3.63, 3.8) is 0 Å². The SMILES string of the molecule is NC1CCc2nc(NCc3cccc4c3CN(C3CCC(=O)NC3=O)C4=O)ncc21. The molecule has 3 aliphatic rings. The molecule has 154 valence electrons. The van der Waals surface area contributed by atoms with E-state index in [0.717, 1.165) is 35.2 Å². The number of aryl methyl sites for hydroxylation is 1. The van der Waals surface area contributed by atoms with Crippen molar-refractivity contribution in [1.29, 1.82) is 0 Å². The lowest BCUT2D eigenvalue weighted by molar-refractivity contribution is -0.136. The van der Waals surface area contributed by atoms with E-state index in [9.17, 15) is 14.4 Å². The normalized spacial score (nSPS) is 22.7. The van der Waals surface area contributed by atoms with Crippen LogP contribution in [0.4, 0.5) is 5.95 Å². The molecule has 9 nitrogen and oxygen atoms in total. The highest BCUT2D eigenvalue weighted by Gasteiger charge is 2.39. The van der Waals surface area contributed by atoms with Crippen molar-refractivity contribution in [2.75, 3.05) is 5.32 Å². The number of nitrogens with zero attached hydrogens (tertiary/aromatic N) is 3. The van der Waals surface area contributed by atoms with E-state index in [1.165, 1.54) is 0 Å². The smallest absolute Gasteiger partial charge is 0.255 e. The molecule has 1 aromatic carbocycles. The fourth-order valence-corrected chi connectivity index (χ4v) is 4.46. The zero-order chi connectivity index (χ0) is 20.8. The molecule has 0 saturated carbocycles. The molecule has 1 aliphatic carbocycles. The highest BCUT2D eigenvalue weighted by molar-refractivity contribution is 6.05. The van der Waals surface area contributed by atoms with Gasteiger partial charge < -0.3 is 16.0 Å². The second kappa shape index (κ2) is 7.17. The Bertz CT molecular complexity index is 1070. The van der Waals surface area contributed by atoms with Crippen LogP contribution in [0.1, 0.15) is 58.0 Å². The van der Waals surface area contributed by atoms with E-state index in [1.54, 1.807) is 17.2 Å². The lowest BCUT2D eigenvalue weighted by Crippen LogP contribution is -2.52. The van der Waals surface area contributed by atoms with E-state index < -0.39 is 11.9 Å². The minimum absolute atomic E-state index is 0.00993. The van der Waals surface area contributed by atoms with E-state index in [4.69, 9.17) is 5.73 Å². The molecule has 1 saturated heterocycles. The molecular weight excluding hydrogens is 384 g/mol. The van der Waals surface area contributed by atoms with Crippen molar-refractivity contribution in [3.05, 3.63) is 52.3 Å². The standard InChI is InChI=1S/C21H22N6O3/c22-15-4-5-16-13(15)9-24-21(25-16)23-8-11-2-1-3-12-14(11)10-27(20(12)30)17-6-7-18(28)26-19(17)29/h1-3,9,15,17H,4-8,10,22H2,(H,23,24,25)(H,26,28,29). The van der Waals surface area contributed by atoms with Gasteiger partial charge in [0.2, 0.25) is 17.8 Å². The number of fused-ring (bicyclic) bond motifs is 2. The summed E-state index contributed by atoms with van der Waals surface area (Å²) in [5.74, 6) is -0.339. The summed E-state index contributed by atoms with van der Waals surface area (Å²) in [6.07, 6.45) is 4.11. The van der Waals surface area contributed by atoms with Gasteiger partial charge in [0.05, 0.1) is 5.69 Å². The first-order valence-electron chi connectivity index (χ1n) is 10.1. The van der Waals surface area contributed by atoms with Gasteiger partial charge in [-0.15, -0.1) is 0 Å². The molecule has 1 fully saturated rings. The van der Waals surface area contributed by atoms with Gasteiger partial charge in [-0.25, -0.2) is 9.97 Å². The summed E-state index contributed by atoms with van der Waals surface area (Å²) in [6, 6.07) is 4.96. The van der Waals surface area contributed by atoms with E-state index in [0.29, 0.717) is 31.0 Å². The van der Waals surface area contributed by atoms with Crippen molar-refractivity contribution in [2.45, 2.75) is 50.9 Å². The van der Waals surface area contributed by atoms with Crippen LogP contribution >= 0.6 is 0 Å². The summed E-state index contributed by atoms with van der Waals surface area (Å²) in [5, 5.41) is 5.57. The number of aromatic nitrogens is 2. The van der Waals surface area contributed by atoms with Gasteiger partial charge in [0.25, 0.3) is 5.91 Å². The van der Waals surface area contributed by atoms with Crippen LogP contribution in [0, 0.1) is 0 Å². The van der Waals surface area contributed by atoms with Gasteiger partial charge in [-0.2, -0.15) is 0 Å². The molecule has 1 aromatic heterocycles. The number of benzene rings is 1. The number of carbonyl (C=O) groups is 3. The third-order valence-electron chi connectivity index (χ3n) is 6.11. The highest BCUT2D eigenvalue weighted by atomic mass is 16.2. The minimum Gasteiger partial charge on any atom is -0.350 e. The largest absolute Gasteiger partial charge is 0.350 e. The van der Waals surface area contributed by atoms with Crippen molar-refractivity contribution >= 4 is 23.7 Å². The molecule has 2 atom stereocenters. The molecule has 30 heavy (non-hydrogen) atoms. The molecule has 0 bridgehead atoms. The van der Waals surface area contributed by atoms with Crippen molar-refractivity contribution in [2.24, 2.45) is 5.73 Å². The Morgan fingerprint density at radius 2 is 2.07 bits per heavy atom. The number of hydrogen-bond donors (Lipinski definition) is 3. The van der Waals surface area contributed by atoms with Gasteiger partial charge >= 0.3 is 0 Å². The van der Waals surface area contributed by atoms with Crippen LogP contribution < -0.4 is 16.4 Å². The highest BCUT2D eigenvalue weighted by Crippen LogP contribution is 2.31. The van der Waals surface area contributed by atoms with Crippen LogP contribution in [0.2, 0.25) is 0 Å². The second-order valence-corrected chi connectivity index (χ2v) is 7.94. The maximum Gasteiger partial charge on any atom is 0.255 e. The number of anilines is 1. The van der Waals surface area contributed by atoms with Crippen LogP contribution in [-0.2, 0) is 29.1 Å². The maximum absolute atomic E-state index is 12.9. The number of nitrogens with one attached hydrogen (secondary N) is 2. The summed E-state index contributed by atoms with van der Waals surface area (Å²) in [7, 11) is 0. The topological polar surface area (TPSA) is 130 Å².